The summed E-state index contributed by atoms with van der Waals surface area (Å²) in [6.45, 7) is 1.53. The van der Waals surface area contributed by atoms with Crippen LogP contribution < -0.4 is 33.2 Å². The first-order valence-corrected chi connectivity index (χ1v) is 11.5. The van der Waals surface area contributed by atoms with Gasteiger partial charge in [-0.3, -0.25) is 19.2 Å². The summed E-state index contributed by atoms with van der Waals surface area (Å²) >= 11 is 0. The van der Waals surface area contributed by atoms with Crippen LogP contribution in [-0.2, 0) is 30.4 Å². The van der Waals surface area contributed by atoms with Crippen molar-refractivity contribution in [3.8, 4) is 0 Å². The molecule has 5 atom stereocenters. The van der Waals surface area contributed by atoms with Crippen molar-refractivity contribution in [1.29, 1.82) is 0 Å². The number of H-pyrrole nitrogens is 1. The van der Waals surface area contributed by atoms with Crippen LogP contribution in [0.2, 0.25) is 0 Å². The molecule has 15 nitrogen and oxygen atoms in total. The van der Waals surface area contributed by atoms with Crippen molar-refractivity contribution >= 4 is 29.6 Å². The van der Waals surface area contributed by atoms with Gasteiger partial charge in [0.05, 0.1) is 18.5 Å². The number of carbonyl (C=O) groups is 5. The second kappa shape index (κ2) is 15.4. The second-order valence-corrected chi connectivity index (χ2v) is 8.36. The Labute approximate surface area is 207 Å². The third-order valence-electron chi connectivity index (χ3n) is 5.27. The van der Waals surface area contributed by atoms with Crippen LogP contribution in [0.4, 0.5) is 0 Å². The highest BCUT2D eigenvalue weighted by Gasteiger charge is 2.32. The third kappa shape index (κ3) is 10.8. The zero-order chi connectivity index (χ0) is 27.3. The number of nitrogens with zero attached hydrogens (tertiary/aromatic N) is 1. The van der Waals surface area contributed by atoms with Crippen LogP contribution in [0.25, 0.3) is 0 Å². The van der Waals surface area contributed by atoms with E-state index in [0.717, 1.165) is 0 Å². The normalized spacial score (nSPS) is 15.1. The van der Waals surface area contributed by atoms with Crippen LogP contribution in [-0.4, -0.2) is 86.6 Å². The Morgan fingerprint density at radius 1 is 1.03 bits per heavy atom. The Kier molecular flexibility index (Phi) is 13.1. The molecule has 0 aliphatic carbocycles. The molecular weight excluding hydrogens is 476 g/mol. The van der Waals surface area contributed by atoms with E-state index in [1.165, 1.54) is 19.4 Å². The number of nitrogens with one attached hydrogen (secondary N) is 4. The van der Waals surface area contributed by atoms with Gasteiger partial charge in [-0.25, -0.2) is 9.78 Å². The lowest BCUT2D eigenvalue weighted by molar-refractivity contribution is -0.145. The molecule has 1 rings (SSSR count). The molecule has 0 aliphatic rings. The molecule has 15 heteroatoms. The Hall–Kier alpha value is -3.56. The average Bonchev–Trinajstić information content (AvgIpc) is 3.31. The molecule has 0 radical (unpaired) electrons. The molecule has 0 spiro atoms. The maximum Gasteiger partial charge on any atom is 0.328 e. The van der Waals surface area contributed by atoms with E-state index in [4.69, 9.17) is 17.2 Å². The van der Waals surface area contributed by atoms with Gasteiger partial charge in [-0.2, -0.15) is 0 Å². The molecule has 12 N–H and O–H groups in total. The number of hydrogen-bond donors (Lipinski definition) is 9. The minimum atomic E-state index is -1.65. The lowest BCUT2D eigenvalue weighted by Gasteiger charge is -2.25. The van der Waals surface area contributed by atoms with E-state index in [-0.39, 0.29) is 25.7 Å². The fourth-order valence-corrected chi connectivity index (χ4v) is 3.24. The standard InChI is InChI=1S/C21H36N8O7/c1-11(30)17(21(35)36)29-20(34)15(5-6-16(24)31)28-19(33)14(4-2-3-7-22)27-18(32)13(23)8-12-9-25-10-26-12/h9-11,13-15,17,30H,2-8,22-23H2,1H3,(H2,24,31)(H,25,26)(H,27,32)(H,28,33)(H,29,34)(H,35,36). The lowest BCUT2D eigenvalue weighted by Crippen LogP contribution is -2.58. The monoisotopic (exact) mass is 512 g/mol. The maximum absolute atomic E-state index is 13.0. The number of carboxylic acid groups (broad SMARTS) is 1. The number of unbranched alkanes of at least 4 members (excludes halogenated alkanes) is 1. The molecule has 0 bridgehead atoms. The van der Waals surface area contributed by atoms with Gasteiger partial charge in [-0.1, -0.05) is 0 Å². The van der Waals surface area contributed by atoms with Crippen molar-refractivity contribution < 1.29 is 34.2 Å². The van der Waals surface area contributed by atoms with Gasteiger partial charge >= 0.3 is 5.97 Å². The van der Waals surface area contributed by atoms with E-state index < -0.39 is 59.9 Å². The van der Waals surface area contributed by atoms with E-state index in [1.807, 2.05) is 0 Å². The Balaban J connectivity index is 2.98. The number of carbonyl (C=O) groups excluding carboxylic acids is 4. The summed E-state index contributed by atoms with van der Waals surface area (Å²) in [6.07, 6.45) is 2.37. The molecule has 0 fully saturated rings. The summed E-state index contributed by atoms with van der Waals surface area (Å²) in [5.74, 6) is -4.54. The van der Waals surface area contributed by atoms with Gasteiger partial charge in [0.25, 0.3) is 0 Å². The second-order valence-electron chi connectivity index (χ2n) is 8.36. The molecule has 1 aromatic heterocycles. The number of amides is 4. The number of imidazole rings is 1. The maximum atomic E-state index is 13.0. The Morgan fingerprint density at radius 2 is 1.64 bits per heavy atom. The number of aromatic nitrogens is 2. The summed E-state index contributed by atoms with van der Waals surface area (Å²) in [7, 11) is 0. The number of rotatable bonds is 17. The van der Waals surface area contributed by atoms with E-state index in [0.29, 0.717) is 25.1 Å². The smallest absolute Gasteiger partial charge is 0.328 e. The van der Waals surface area contributed by atoms with Crippen molar-refractivity contribution in [1.82, 2.24) is 25.9 Å². The van der Waals surface area contributed by atoms with Gasteiger partial charge in [-0.15, -0.1) is 0 Å². The summed E-state index contributed by atoms with van der Waals surface area (Å²) in [5, 5.41) is 26.0. The van der Waals surface area contributed by atoms with Crippen LogP contribution in [0, 0.1) is 0 Å². The molecule has 0 saturated heterocycles. The quantitative estimate of drug-likeness (QED) is 0.0933. The third-order valence-corrected chi connectivity index (χ3v) is 5.27. The average molecular weight is 513 g/mol. The largest absolute Gasteiger partial charge is 0.480 e. The fourth-order valence-electron chi connectivity index (χ4n) is 3.24. The minimum absolute atomic E-state index is 0.141. The van der Waals surface area contributed by atoms with Crippen molar-refractivity contribution in [2.75, 3.05) is 6.54 Å². The van der Waals surface area contributed by atoms with Crippen LogP contribution in [0.15, 0.2) is 12.5 Å². The zero-order valence-electron chi connectivity index (χ0n) is 20.1. The molecule has 5 unspecified atom stereocenters. The van der Waals surface area contributed by atoms with E-state index in [1.54, 1.807) is 0 Å². The zero-order valence-corrected chi connectivity index (χ0v) is 20.1. The summed E-state index contributed by atoms with van der Waals surface area (Å²) < 4.78 is 0. The highest BCUT2D eigenvalue weighted by atomic mass is 16.4. The predicted molar refractivity (Wildman–Crippen MR) is 127 cm³/mol. The molecule has 0 saturated carbocycles. The fraction of sp³-hybridized carbons (Fsp3) is 0.619. The molecule has 36 heavy (non-hydrogen) atoms. The number of hydrogen-bond acceptors (Lipinski definition) is 9. The van der Waals surface area contributed by atoms with Gasteiger partial charge < -0.3 is 48.3 Å². The topological polar surface area (TPSA) is 269 Å². The highest BCUT2D eigenvalue weighted by molar-refractivity contribution is 5.94. The van der Waals surface area contributed by atoms with Crippen molar-refractivity contribution in [3.63, 3.8) is 0 Å². The first-order valence-electron chi connectivity index (χ1n) is 11.5. The Bertz CT molecular complexity index is 878. The SMILES string of the molecule is CC(O)C(NC(=O)C(CCC(N)=O)NC(=O)C(CCCCN)NC(=O)C(N)Cc1cnc[nH]1)C(=O)O. The van der Waals surface area contributed by atoms with Gasteiger partial charge in [0.15, 0.2) is 6.04 Å². The molecular formula is C21H36N8O7. The van der Waals surface area contributed by atoms with E-state index in [2.05, 4.69) is 25.9 Å². The van der Waals surface area contributed by atoms with Crippen LogP contribution in [0.3, 0.4) is 0 Å². The predicted octanol–water partition coefficient (Wildman–Crippen LogP) is -3.41. The molecule has 1 aromatic rings. The van der Waals surface area contributed by atoms with Gasteiger partial charge in [-0.05, 0) is 39.2 Å². The number of aromatic amines is 1. The molecule has 0 aromatic carbocycles. The molecule has 1 heterocycles. The molecule has 4 amide bonds. The van der Waals surface area contributed by atoms with Crippen molar-refractivity contribution in [2.45, 2.75) is 75.7 Å². The number of primary amides is 1. The van der Waals surface area contributed by atoms with Crippen LogP contribution in [0.5, 0.6) is 0 Å². The summed E-state index contributed by atoms with van der Waals surface area (Å²) in [4.78, 5) is 67.7. The number of aliphatic hydroxyl groups is 1. The molecule has 202 valence electrons. The number of carboxylic acids is 1. The first kappa shape index (κ1) is 30.5. The number of aliphatic hydroxyl groups excluding tert-OH is 1. The van der Waals surface area contributed by atoms with Crippen LogP contribution in [0.1, 0.15) is 44.7 Å². The van der Waals surface area contributed by atoms with Crippen LogP contribution >= 0.6 is 0 Å². The highest BCUT2D eigenvalue weighted by Crippen LogP contribution is 2.06. The first-order chi connectivity index (χ1) is 17.0. The van der Waals surface area contributed by atoms with Gasteiger partial charge in [0.2, 0.25) is 23.6 Å². The number of aliphatic carboxylic acids is 1. The van der Waals surface area contributed by atoms with Crippen molar-refractivity contribution in [3.05, 3.63) is 18.2 Å². The lowest BCUT2D eigenvalue weighted by atomic mass is 10.0. The minimum Gasteiger partial charge on any atom is -0.480 e. The summed E-state index contributed by atoms with van der Waals surface area (Å²) in [6, 6.07) is -5.09. The molecule has 0 aliphatic heterocycles. The van der Waals surface area contributed by atoms with Crippen molar-refractivity contribution in [2.24, 2.45) is 17.2 Å². The summed E-state index contributed by atoms with van der Waals surface area (Å²) in [5.41, 5.74) is 17.2. The van der Waals surface area contributed by atoms with Gasteiger partial charge in [0.1, 0.15) is 12.1 Å². The van der Waals surface area contributed by atoms with E-state index >= 15 is 0 Å². The Morgan fingerprint density at radius 3 is 2.17 bits per heavy atom. The number of nitrogens with two attached hydrogens (primary N) is 3. The van der Waals surface area contributed by atoms with Gasteiger partial charge in [0, 0.05) is 24.7 Å². The van der Waals surface area contributed by atoms with E-state index in [9.17, 15) is 34.2 Å².